The molecule has 0 fully saturated rings. The summed E-state index contributed by atoms with van der Waals surface area (Å²) in [6, 6.07) is 5.14. The molecule has 68 valence electrons. The van der Waals surface area contributed by atoms with Gasteiger partial charge in [0, 0.05) is 6.42 Å². The summed E-state index contributed by atoms with van der Waals surface area (Å²) >= 11 is 11.5. The first-order valence-corrected chi connectivity index (χ1v) is 4.48. The fraction of sp³-hybridized carbons (Fsp3) is 0.100. The molecule has 13 heavy (non-hydrogen) atoms. The summed E-state index contributed by atoms with van der Waals surface area (Å²) in [5.41, 5.74) is 0.847. The molecule has 0 N–H and O–H groups in total. The number of halogens is 2. The predicted octanol–water partition coefficient (Wildman–Crippen LogP) is 3.29. The Bertz CT molecular complexity index is 345. The fourth-order valence-electron chi connectivity index (χ4n) is 0.923. The van der Waals surface area contributed by atoms with Gasteiger partial charge >= 0.3 is 0 Å². The van der Waals surface area contributed by atoms with E-state index in [1.54, 1.807) is 18.2 Å². The average molecular weight is 215 g/mol. The van der Waals surface area contributed by atoms with Gasteiger partial charge in [-0.2, -0.15) is 0 Å². The first kappa shape index (κ1) is 10.3. The van der Waals surface area contributed by atoms with Crippen LogP contribution in [0.25, 0.3) is 0 Å². The number of rotatable bonds is 3. The van der Waals surface area contributed by atoms with Gasteiger partial charge in [-0.05, 0) is 23.8 Å². The van der Waals surface area contributed by atoms with Crippen LogP contribution >= 0.6 is 23.2 Å². The Labute approximate surface area is 87.0 Å². The second kappa shape index (κ2) is 4.45. The molecule has 0 aliphatic carbocycles. The van der Waals surface area contributed by atoms with Crippen molar-refractivity contribution in [2.75, 3.05) is 0 Å². The maximum absolute atomic E-state index is 11.0. The summed E-state index contributed by atoms with van der Waals surface area (Å²) in [5.74, 6) is -0.0293. The van der Waals surface area contributed by atoms with Crippen LogP contribution < -0.4 is 0 Å². The first-order valence-electron chi connectivity index (χ1n) is 3.72. The molecule has 0 saturated carbocycles. The molecule has 0 heterocycles. The zero-order chi connectivity index (χ0) is 9.84. The lowest BCUT2D eigenvalue weighted by Crippen LogP contribution is -1.97. The molecule has 1 rings (SSSR count). The van der Waals surface area contributed by atoms with Crippen LogP contribution in [0.3, 0.4) is 0 Å². The normalized spacial score (nSPS) is 9.69. The number of benzene rings is 1. The molecule has 0 aliphatic rings. The summed E-state index contributed by atoms with van der Waals surface area (Å²) in [6.45, 7) is 3.39. The van der Waals surface area contributed by atoms with Crippen LogP contribution in [-0.2, 0) is 11.2 Å². The van der Waals surface area contributed by atoms with Crippen molar-refractivity contribution in [1.82, 2.24) is 0 Å². The number of carbonyl (C=O) groups excluding carboxylic acids is 1. The number of hydrogen-bond donors (Lipinski definition) is 0. The molecule has 0 saturated heterocycles. The molecule has 0 radical (unpaired) electrons. The van der Waals surface area contributed by atoms with Gasteiger partial charge in [0.05, 0.1) is 10.0 Å². The minimum absolute atomic E-state index is 0.0293. The first-order chi connectivity index (χ1) is 6.13. The zero-order valence-corrected chi connectivity index (χ0v) is 8.40. The van der Waals surface area contributed by atoms with E-state index in [0.29, 0.717) is 16.5 Å². The van der Waals surface area contributed by atoms with Gasteiger partial charge < -0.3 is 0 Å². The Morgan fingerprint density at radius 1 is 1.38 bits per heavy atom. The SMILES string of the molecule is C=CC(=O)Cc1ccc(Cl)c(Cl)c1. The maximum Gasteiger partial charge on any atom is 0.159 e. The van der Waals surface area contributed by atoms with E-state index in [4.69, 9.17) is 23.2 Å². The summed E-state index contributed by atoms with van der Waals surface area (Å²) in [4.78, 5) is 11.0. The molecule has 1 aromatic rings. The highest BCUT2D eigenvalue weighted by Gasteiger charge is 2.02. The smallest absolute Gasteiger partial charge is 0.159 e. The lowest BCUT2D eigenvalue weighted by Gasteiger charge is -1.99. The van der Waals surface area contributed by atoms with E-state index in [1.807, 2.05) is 0 Å². The minimum atomic E-state index is -0.0293. The summed E-state index contributed by atoms with van der Waals surface area (Å²) in [6.07, 6.45) is 1.61. The Morgan fingerprint density at radius 2 is 2.08 bits per heavy atom. The molecule has 0 aliphatic heterocycles. The summed E-state index contributed by atoms with van der Waals surface area (Å²) in [5, 5.41) is 0.965. The number of carbonyl (C=O) groups is 1. The topological polar surface area (TPSA) is 17.1 Å². The molecule has 0 unspecified atom stereocenters. The minimum Gasteiger partial charge on any atom is -0.295 e. The molecular formula is C10H8Cl2O. The van der Waals surface area contributed by atoms with Crippen molar-refractivity contribution < 1.29 is 4.79 Å². The largest absolute Gasteiger partial charge is 0.295 e. The van der Waals surface area contributed by atoms with Gasteiger partial charge in [0.1, 0.15) is 0 Å². The van der Waals surface area contributed by atoms with Crippen LogP contribution in [0.4, 0.5) is 0 Å². The molecule has 1 nitrogen and oxygen atoms in total. The van der Waals surface area contributed by atoms with E-state index in [0.717, 1.165) is 5.56 Å². The standard InChI is InChI=1S/C10H8Cl2O/c1-2-8(13)5-7-3-4-9(11)10(12)6-7/h2-4,6H,1,5H2. The Morgan fingerprint density at radius 3 is 2.62 bits per heavy atom. The quantitative estimate of drug-likeness (QED) is 0.707. The van der Waals surface area contributed by atoms with Crippen molar-refractivity contribution in [1.29, 1.82) is 0 Å². The monoisotopic (exact) mass is 214 g/mol. The highest BCUT2D eigenvalue weighted by atomic mass is 35.5. The van der Waals surface area contributed by atoms with Crippen LogP contribution in [0.1, 0.15) is 5.56 Å². The van der Waals surface area contributed by atoms with E-state index in [9.17, 15) is 4.79 Å². The van der Waals surface area contributed by atoms with Crippen LogP contribution in [0, 0.1) is 0 Å². The Balaban J connectivity index is 2.85. The van der Waals surface area contributed by atoms with Gasteiger partial charge in [-0.25, -0.2) is 0 Å². The number of hydrogen-bond acceptors (Lipinski definition) is 1. The van der Waals surface area contributed by atoms with E-state index < -0.39 is 0 Å². The molecular weight excluding hydrogens is 207 g/mol. The van der Waals surface area contributed by atoms with Crippen LogP contribution in [-0.4, -0.2) is 5.78 Å². The molecule has 0 spiro atoms. The van der Waals surface area contributed by atoms with E-state index in [1.165, 1.54) is 6.08 Å². The highest BCUT2D eigenvalue weighted by Crippen LogP contribution is 2.22. The third-order valence-electron chi connectivity index (χ3n) is 1.59. The Hall–Kier alpha value is -0.790. The number of allylic oxidation sites excluding steroid dienone is 1. The second-order valence-corrected chi connectivity index (χ2v) is 3.41. The third-order valence-corrected chi connectivity index (χ3v) is 2.33. The lowest BCUT2D eigenvalue weighted by atomic mass is 10.1. The lowest BCUT2D eigenvalue weighted by molar-refractivity contribution is -0.114. The van der Waals surface area contributed by atoms with Gasteiger partial charge in [0.2, 0.25) is 0 Å². The van der Waals surface area contributed by atoms with E-state index >= 15 is 0 Å². The van der Waals surface area contributed by atoms with Crippen molar-refractivity contribution in [2.24, 2.45) is 0 Å². The molecule has 0 amide bonds. The molecule has 3 heteroatoms. The van der Waals surface area contributed by atoms with Crippen LogP contribution in [0.5, 0.6) is 0 Å². The molecule has 0 bridgehead atoms. The van der Waals surface area contributed by atoms with Gasteiger partial charge in [0.15, 0.2) is 5.78 Å². The number of ketones is 1. The van der Waals surface area contributed by atoms with E-state index in [2.05, 4.69) is 6.58 Å². The van der Waals surface area contributed by atoms with Crippen molar-refractivity contribution in [3.05, 3.63) is 46.5 Å². The zero-order valence-electron chi connectivity index (χ0n) is 6.89. The fourth-order valence-corrected chi connectivity index (χ4v) is 1.24. The van der Waals surface area contributed by atoms with Gasteiger partial charge in [-0.1, -0.05) is 35.8 Å². The average Bonchev–Trinajstić information content (AvgIpc) is 2.11. The highest BCUT2D eigenvalue weighted by molar-refractivity contribution is 6.42. The van der Waals surface area contributed by atoms with Crippen molar-refractivity contribution in [2.45, 2.75) is 6.42 Å². The predicted molar refractivity (Wildman–Crippen MR) is 55.4 cm³/mol. The van der Waals surface area contributed by atoms with Crippen molar-refractivity contribution in [3.63, 3.8) is 0 Å². The van der Waals surface area contributed by atoms with E-state index in [-0.39, 0.29) is 5.78 Å². The molecule has 0 atom stereocenters. The van der Waals surface area contributed by atoms with Crippen LogP contribution in [0.15, 0.2) is 30.9 Å². The summed E-state index contributed by atoms with van der Waals surface area (Å²) in [7, 11) is 0. The maximum atomic E-state index is 11.0. The second-order valence-electron chi connectivity index (χ2n) is 2.60. The van der Waals surface area contributed by atoms with Crippen molar-refractivity contribution in [3.8, 4) is 0 Å². The van der Waals surface area contributed by atoms with Crippen LogP contribution in [0.2, 0.25) is 10.0 Å². The Kier molecular flexibility index (Phi) is 3.52. The third kappa shape index (κ3) is 2.87. The molecule has 1 aromatic carbocycles. The summed E-state index contributed by atoms with van der Waals surface area (Å²) < 4.78 is 0. The van der Waals surface area contributed by atoms with Gasteiger partial charge in [0.25, 0.3) is 0 Å². The molecule has 0 aromatic heterocycles. The van der Waals surface area contributed by atoms with Gasteiger partial charge in [-0.15, -0.1) is 0 Å². The van der Waals surface area contributed by atoms with Crippen molar-refractivity contribution >= 4 is 29.0 Å². The van der Waals surface area contributed by atoms with Gasteiger partial charge in [-0.3, -0.25) is 4.79 Å².